The summed E-state index contributed by atoms with van der Waals surface area (Å²) in [5.41, 5.74) is 0.889. The number of anilines is 2. The Kier molecular flexibility index (Phi) is 6.57. The van der Waals surface area contributed by atoms with Crippen LogP contribution in [-0.4, -0.2) is 37.5 Å². The van der Waals surface area contributed by atoms with Crippen molar-refractivity contribution in [3.63, 3.8) is 0 Å². The van der Waals surface area contributed by atoms with Gasteiger partial charge in [0.1, 0.15) is 16.9 Å². The van der Waals surface area contributed by atoms with Crippen molar-refractivity contribution in [3.05, 3.63) is 29.3 Å². The lowest BCUT2D eigenvalue weighted by molar-refractivity contribution is 0.118. The van der Waals surface area contributed by atoms with Crippen molar-refractivity contribution in [2.45, 2.75) is 19.4 Å². The second kappa shape index (κ2) is 8.67. The molecule has 0 saturated heterocycles. The van der Waals surface area contributed by atoms with Crippen molar-refractivity contribution in [2.75, 3.05) is 32.6 Å². The van der Waals surface area contributed by atoms with E-state index in [1.807, 2.05) is 38.2 Å². The molecule has 0 aliphatic carbocycles. The Balaban J connectivity index is 2.01. The molecule has 0 radical (unpaired) electrons. The summed E-state index contributed by atoms with van der Waals surface area (Å²) in [5, 5.41) is 16.2. The minimum atomic E-state index is -0.0545. The van der Waals surface area contributed by atoms with E-state index in [9.17, 15) is 0 Å². The zero-order valence-corrected chi connectivity index (χ0v) is 13.9. The monoisotopic (exact) mass is 322 g/mol. The van der Waals surface area contributed by atoms with Crippen LogP contribution in [0.5, 0.6) is 5.75 Å². The molecule has 2 aromatic rings. The Morgan fingerprint density at radius 3 is 2.86 bits per heavy atom. The van der Waals surface area contributed by atoms with Crippen LogP contribution >= 0.6 is 11.3 Å². The quantitative estimate of drug-likeness (QED) is 0.692. The molecule has 0 aliphatic rings. The molecule has 0 fully saturated rings. The van der Waals surface area contributed by atoms with E-state index in [1.165, 1.54) is 11.3 Å². The Bertz CT molecular complexity index is 576. The van der Waals surface area contributed by atoms with Crippen LogP contribution in [0.15, 0.2) is 24.3 Å². The van der Waals surface area contributed by atoms with Crippen molar-refractivity contribution in [3.8, 4) is 5.75 Å². The van der Waals surface area contributed by atoms with Crippen LogP contribution in [-0.2, 0) is 4.74 Å². The first-order valence-corrected chi connectivity index (χ1v) is 8.06. The summed E-state index contributed by atoms with van der Waals surface area (Å²) < 4.78 is 11.1. The molecule has 7 heteroatoms. The normalized spacial score (nSPS) is 12.1. The number of aromatic nitrogens is 2. The lowest BCUT2D eigenvalue weighted by atomic mass is 10.3. The number of methoxy groups -OCH3 is 1. The minimum absolute atomic E-state index is 0.0545. The zero-order chi connectivity index (χ0) is 15.8. The summed E-state index contributed by atoms with van der Waals surface area (Å²) in [6.45, 7) is 3.55. The van der Waals surface area contributed by atoms with E-state index in [1.54, 1.807) is 7.11 Å². The van der Waals surface area contributed by atoms with Gasteiger partial charge >= 0.3 is 0 Å². The summed E-state index contributed by atoms with van der Waals surface area (Å²) in [5.74, 6) is 0.815. The molecule has 22 heavy (non-hydrogen) atoms. The van der Waals surface area contributed by atoms with Gasteiger partial charge in [0.25, 0.3) is 0 Å². The molecule has 6 nitrogen and oxygen atoms in total. The molecule has 0 bridgehead atoms. The summed E-state index contributed by atoms with van der Waals surface area (Å²) in [6.07, 6.45) is 0.903. The van der Waals surface area contributed by atoms with Crippen LogP contribution in [0.25, 0.3) is 0 Å². The molecule has 0 spiro atoms. The van der Waals surface area contributed by atoms with E-state index in [2.05, 4.69) is 20.8 Å². The Morgan fingerprint density at radius 1 is 1.27 bits per heavy atom. The molecular weight excluding hydrogens is 300 g/mol. The predicted octanol–water partition coefficient (Wildman–Crippen LogP) is 2.98. The van der Waals surface area contributed by atoms with Crippen LogP contribution < -0.4 is 15.4 Å². The fraction of sp³-hybridized carbons (Fsp3) is 0.467. The van der Waals surface area contributed by atoms with Gasteiger partial charge in [-0.25, -0.2) is 0 Å². The van der Waals surface area contributed by atoms with Crippen molar-refractivity contribution in [2.24, 2.45) is 0 Å². The highest BCUT2D eigenvalue weighted by molar-refractivity contribution is 7.15. The van der Waals surface area contributed by atoms with Gasteiger partial charge < -0.3 is 20.1 Å². The summed E-state index contributed by atoms with van der Waals surface area (Å²) in [4.78, 5) is 0. The van der Waals surface area contributed by atoms with Gasteiger partial charge in [0.15, 0.2) is 0 Å². The molecule has 2 rings (SSSR count). The fourth-order valence-corrected chi connectivity index (χ4v) is 2.58. The van der Waals surface area contributed by atoms with Gasteiger partial charge in [0, 0.05) is 7.11 Å². The Labute approximate surface area is 134 Å². The zero-order valence-electron chi connectivity index (χ0n) is 13.1. The van der Waals surface area contributed by atoms with Crippen LogP contribution in [0, 0.1) is 0 Å². The molecule has 1 unspecified atom stereocenters. The van der Waals surface area contributed by atoms with Gasteiger partial charge in [-0.1, -0.05) is 23.5 Å². The molecule has 0 aliphatic heterocycles. The third kappa shape index (κ3) is 4.66. The van der Waals surface area contributed by atoms with E-state index < -0.39 is 0 Å². The van der Waals surface area contributed by atoms with E-state index in [0.717, 1.165) is 34.5 Å². The SMILES string of the molecule is CNCCCOc1ccccc1Nc1nnc(C(C)OC)s1. The number of benzene rings is 1. The van der Waals surface area contributed by atoms with E-state index in [0.29, 0.717) is 6.61 Å². The summed E-state index contributed by atoms with van der Waals surface area (Å²) in [6, 6.07) is 7.83. The van der Waals surface area contributed by atoms with Gasteiger partial charge in [-0.05, 0) is 39.1 Å². The first kappa shape index (κ1) is 16.7. The van der Waals surface area contributed by atoms with E-state index in [-0.39, 0.29) is 6.10 Å². The molecule has 0 amide bonds. The molecule has 1 heterocycles. The third-order valence-corrected chi connectivity index (χ3v) is 4.10. The van der Waals surface area contributed by atoms with Crippen molar-refractivity contribution in [1.82, 2.24) is 15.5 Å². The lowest BCUT2D eigenvalue weighted by Crippen LogP contribution is -2.11. The van der Waals surface area contributed by atoms with Crippen molar-refractivity contribution >= 4 is 22.2 Å². The second-order valence-corrected chi connectivity index (χ2v) is 5.76. The lowest BCUT2D eigenvalue weighted by Gasteiger charge is -2.11. The molecule has 1 aromatic heterocycles. The highest BCUT2D eigenvalue weighted by Gasteiger charge is 2.12. The van der Waals surface area contributed by atoms with Crippen LogP contribution in [0.4, 0.5) is 10.8 Å². The number of hydrogen-bond donors (Lipinski definition) is 2. The molecule has 120 valence electrons. The van der Waals surface area contributed by atoms with Crippen molar-refractivity contribution in [1.29, 1.82) is 0 Å². The standard InChI is InChI=1S/C15H22N4O2S/c1-11(20-3)14-18-19-15(22-14)17-12-7-4-5-8-13(12)21-10-6-9-16-2/h4-5,7-8,11,16H,6,9-10H2,1-3H3,(H,17,19). The number of nitrogens with zero attached hydrogens (tertiary/aromatic N) is 2. The topological polar surface area (TPSA) is 68.3 Å². The molecule has 1 atom stereocenters. The highest BCUT2D eigenvalue weighted by atomic mass is 32.1. The summed E-state index contributed by atoms with van der Waals surface area (Å²) >= 11 is 1.48. The molecule has 1 aromatic carbocycles. The van der Waals surface area contributed by atoms with Gasteiger partial charge in [0.05, 0.1) is 12.3 Å². The molecule has 2 N–H and O–H groups in total. The smallest absolute Gasteiger partial charge is 0.210 e. The first-order chi connectivity index (χ1) is 10.7. The van der Waals surface area contributed by atoms with Crippen LogP contribution in [0.3, 0.4) is 0 Å². The minimum Gasteiger partial charge on any atom is -0.491 e. The van der Waals surface area contributed by atoms with Gasteiger partial charge in [-0.15, -0.1) is 10.2 Å². The Morgan fingerprint density at radius 2 is 2.09 bits per heavy atom. The van der Waals surface area contributed by atoms with Crippen LogP contribution in [0.1, 0.15) is 24.5 Å². The van der Waals surface area contributed by atoms with Crippen LogP contribution in [0.2, 0.25) is 0 Å². The molecule has 0 saturated carbocycles. The molecular formula is C15H22N4O2S. The van der Waals surface area contributed by atoms with Gasteiger partial charge in [-0.3, -0.25) is 0 Å². The maximum atomic E-state index is 5.82. The maximum absolute atomic E-state index is 5.82. The van der Waals surface area contributed by atoms with E-state index >= 15 is 0 Å². The number of rotatable bonds is 9. The highest BCUT2D eigenvalue weighted by Crippen LogP contribution is 2.30. The van der Waals surface area contributed by atoms with Crippen molar-refractivity contribution < 1.29 is 9.47 Å². The fourth-order valence-electron chi connectivity index (χ4n) is 1.79. The summed E-state index contributed by atoms with van der Waals surface area (Å²) in [7, 11) is 3.59. The average Bonchev–Trinajstić information content (AvgIpc) is 3.01. The second-order valence-electron chi connectivity index (χ2n) is 4.75. The first-order valence-electron chi connectivity index (χ1n) is 7.24. The number of para-hydroxylation sites is 2. The third-order valence-electron chi connectivity index (χ3n) is 3.10. The number of nitrogens with one attached hydrogen (secondary N) is 2. The number of ether oxygens (including phenoxy) is 2. The van der Waals surface area contributed by atoms with Gasteiger partial charge in [0.2, 0.25) is 5.13 Å². The van der Waals surface area contributed by atoms with E-state index in [4.69, 9.17) is 9.47 Å². The predicted molar refractivity (Wildman–Crippen MR) is 89.1 cm³/mol. The largest absolute Gasteiger partial charge is 0.491 e. The average molecular weight is 322 g/mol. The number of hydrogen-bond acceptors (Lipinski definition) is 7. The van der Waals surface area contributed by atoms with Gasteiger partial charge in [-0.2, -0.15) is 0 Å². The maximum Gasteiger partial charge on any atom is 0.210 e. The Hall–Kier alpha value is -1.70.